The zero-order valence-corrected chi connectivity index (χ0v) is 16.6. The summed E-state index contributed by atoms with van der Waals surface area (Å²) < 4.78 is 5.85. The van der Waals surface area contributed by atoms with E-state index in [0.717, 1.165) is 33.4 Å². The van der Waals surface area contributed by atoms with E-state index in [1.165, 1.54) is 0 Å². The summed E-state index contributed by atoms with van der Waals surface area (Å²) in [5.41, 5.74) is 1.73. The molecular formula is C25H16ClN3O. The average Bonchev–Trinajstić information content (AvgIpc) is 2.79. The second-order valence-electron chi connectivity index (χ2n) is 6.75. The fourth-order valence-corrected chi connectivity index (χ4v) is 3.39. The highest BCUT2D eigenvalue weighted by Crippen LogP contribution is 2.27. The molecule has 0 aliphatic carbocycles. The van der Waals surface area contributed by atoms with Crippen molar-refractivity contribution in [1.82, 2.24) is 15.0 Å². The summed E-state index contributed by atoms with van der Waals surface area (Å²) in [6.07, 6.45) is 0. The Bertz CT molecular complexity index is 1320. The van der Waals surface area contributed by atoms with Gasteiger partial charge in [-0.3, -0.25) is 0 Å². The lowest BCUT2D eigenvalue weighted by molar-refractivity contribution is 0.483. The molecule has 0 saturated carbocycles. The van der Waals surface area contributed by atoms with Crippen LogP contribution in [0.4, 0.5) is 0 Å². The standard InChI is InChI=1S/C25H16ClN3O/c26-25-28-23(18-12-14-22(15-13-18)30-21-8-2-1-3-9-21)27-24(29-25)20-11-10-17-6-4-5-7-19(17)16-20/h1-16H. The lowest BCUT2D eigenvalue weighted by atomic mass is 10.1. The summed E-state index contributed by atoms with van der Waals surface area (Å²) in [6.45, 7) is 0. The predicted molar refractivity (Wildman–Crippen MR) is 120 cm³/mol. The minimum atomic E-state index is 0.160. The molecule has 30 heavy (non-hydrogen) atoms. The molecule has 1 heterocycles. The van der Waals surface area contributed by atoms with Crippen LogP contribution in [-0.4, -0.2) is 15.0 Å². The van der Waals surface area contributed by atoms with Gasteiger partial charge in [0.2, 0.25) is 5.28 Å². The third kappa shape index (κ3) is 3.86. The van der Waals surface area contributed by atoms with E-state index < -0.39 is 0 Å². The molecule has 0 spiro atoms. The maximum absolute atomic E-state index is 6.22. The van der Waals surface area contributed by atoms with Gasteiger partial charge in [-0.05, 0) is 64.8 Å². The first-order valence-electron chi connectivity index (χ1n) is 9.49. The van der Waals surface area contributed by atoms with Crippen LogP contribution >= 0.6 is 11.6 Å². The van der Waals surface area contributed by atoms with E-state index in [9.17, 15) is 0 Å². The van der Waals surface area contributed by atoms with Crippen molar-refractivity contribution in [1.29, 1.82) is 0 Å². The van der Waals surface area contributed by atoms with Crippen molar-refractivity contribution in [3.8, 4) is 34.3 Å². The van der Waals surface area contributed by atoms with Crippen LogP contribution in [0.3, 0.4) is 0 Å². The molecule has 5 heteroatoms. The van der Waals surface area contributed by atoms with E-state index in [2.05, 4.69) is 39.2 Å². The number of halogens is 1. The van der Waals surface area contributed by atoms with Crippen molar-refractivity contribution >= 4 is 22.4 Å². The molecule has 0 amide bonds. The number of ether oxygens (including phenoxy) is 1. The van der Waals surface area contributed by atoms with Crippen molar-refractivity contribution in [3.63, 3.8) is 0 Å². The number of aromatic nitrogens is 3. The van der Waals surface area contributed by atoms with Gasteiger partial charge in [0.1, 0.15) is 11.5 Å². The van der Waals surface area contributed by atoms with Gasteiger partial charge in [0.15, 0.2) is 11.6 Å². The monoisotopic (exact) mass is 409 g/mol. The summed E-state index contributed by atoms with van der Waals surface area (Å²) in [5, 5.41) is 2.44. The van der Waals surface area contributed by atoms with Crippen LogP contribution in [0.5, 0.6) is 11.5 Å². The molecule has 0 aliphatic rings. The van der Waals surface area contributed by atoms with Gasteiger partial charge in [0.05, 0.1) is 0 Å². The molecule has 144 valence electrons. The van der Waals surface area contributed by atoms with Crippen LogP contribution in [0, 0.1) is 0 Å². The minimum absolute atomic E-state index is 0.160. The summed E-state index contributed by atoms with van der Waals surface area (Å²) >= 11 is 6.22. The Morgan fingerprint density at radius 1 is 0.533 bits per heavy atom. The Labute approximate surface area is 178 Å². The maximum atomic E-state index is 6.22. The van der Waals surface area contributed by atoms with Crippen molar-refractivity contribution < 1.29 is 4.74 Å². The first-order valence-corrected chi connectivity index (χ1v) is 9.86. The first kappa shape index (κ1) is 18.3. The van der Waals surface area contributed by atoms with Crippen molar-refractivity contribution in [2.75, 3.05) is 0 Å². The molecule has 4 nitrogen and oxygen atoms in total. The summed E-state index contributed by atoms with van der Waals surface area (Å²) in [5.74, 6) is 2.58. The molecule has 0 N–H and O–H groups in total. The SMILES string of the molecule is Clc1nc(-c2ccc(Oc3ccccc3)cc2)nc(-c2ccc3ccccc3c2)n1. The van der Waals surface area contributed by atoms with Crippen LogP contribution in [0.2, 0.25) is 5.28 Å². The Kier molecular flexibility index (Phi) is 4.83. The highest BCUT2D eigenvalue weighted by molar-refractivity contribution is 6.28. The number of nitrogens with zero attached hydrogens (tertiary/aromatic N) is 3. The Balaban J connectivity index is 1.47. The number of benzene rings is 4. The van der Waals surface area contributed by atoms with E-state index >= 15 is 0 Å². The second-order valence-corrected chi connectivity index (χ2v) is 7.09. The molecule has 4 aromatic carbocycles. The third-order valence-electron chi connectivity index (χ3n) is 4.71. The highest BCUT2D eigenvalue weighted by Gasteiger charge is 2.10. The smallest absolute Gasteiger partial charge is 0.226 e. The Morgan fingerprint density at radius 3 is 1.90 bits per heavy atom. The normalized spacial score (nSPS) is 10.8. The molecule has 5 rings (SSSR count). The van der Waals surface area contributed by atoms with Crippen LogP contribution in [0.15, 0.2) is 97.1 Å². The van der Waals surface area contributed by atoms with Crippen molar-refractivity contribution in [2.45, 2.75) is 0 Å². The zero-order chi connectivity index (χ0) is 20.3. The van der Waals surface area contributed by atoms with Crippen molar-refractivity contribution in [3.05, 3.63) is 102 Å². The highest BCUT2D eigenvalue weighted by atomic mass is 35.5. The summed E-state index contributed by atoms with van der Waals surface area (Å²) in [7, 11) is 0. The van der Waals surface area contributed by atoms with Gasteiger partial charge in [-0.25, -0.2) is 4.98 Å². The van der Waals surface area contributed by atoms with Crippen LogP contribution in [-0.2, 0) is 0 Å². The second kappa shape index (κ2) is 7.93. The number of hydrogen-bond donors (Lipinski definition) is 0. The van der Waals surface area contributed by atoms with Gasteiger partial charge in [-0.15, -0.1) is 0 Å². The van der Waals surface area contributed by atoms with Gasteiger partial charge >= 0.3 is 0 Å². The molecule has 0 saturated heterocycles. The largest absolute Gasteiger partial charge is 0.457 e. The molecule has 0 bridgehead atoms. The van der Waals surface area contributed by atoms with E-state index in [1.807, 2.05) is 72.8 Å². The number of rotatable bonds is 4. The molecule has 0 fully saturated rings. The molecular weight excluding hydrogens is 394 g/mol. The fourth-order valence-electron chi connectivity index (χ4n) is 3.23. The Morgan fingerprint density at radius 2 is 1.13 bits per heavy atom. The maximum Gasteiger partial charge on any atom is 0.226 e. The molecule has 0 aliphatic heterocycles. The molecule has 0 radical (unpaired) electrons. The van der Waals surface area contributed by atoms with Gasteiger partial charge < -0.3 is 4.74 Å². The van der Waals surface area contributed by atoms with E-state index in [-0.39, 0.29) is 5.28 Å². The lowest BCUT2D eigenvalue weighted by Gasteiger charge is -2.08. The summed E-state index contributed by atoms with van der Waals surface area (Å²) in [4.78, 5) is 13.3. The lowest BCUT2D eigenvalue weighted by Crippen LogP contribution is -1.97. The van der Waals surface area contributed by atoms with Crippen LogP contribution in [0.25, 0.3) is 33.5 Å². The topological polar surface area (TPSA) is 47.9 Å². The average molecular weight is 410 g/mol. The predicted octanol–water partition coefficient (Wildman–Crippen LogP) is 6.80. The van der Waals surface area contributed by atoms with Crippen molar-refractivity contribution in [2.24, 2.45) is 0 Å². The summed E-state index contributed by atoms with van der Waals surface area (Å²) in [6, 6.07) is 31.5. The van der Waals surface area contributed by atoms with E-state index in [1.54, 1.807) is 0 Å². The van der Waals surface area contributed by atoms with Gasteiger partial charge in [0.25, 0.3) is 0 Å². The number of fused-ring (bicyclic) bond motifs is 1. The molecule has 0 unspecified atom stereocenters. The molecule has 1 aromatic heterocycles. The number of para-hydroxylation sites is 1. The van der Waals surface area contributed by atoms with E-state index in [0.29, 0.717) is 11.6 Å². The van der Waals surface area contributed by atoms with Crippen LogP contribution < -0.4 is 4.74 Å². The molecule has 0 atom stereocenters. The van der Waals surface area contributed by atoms with Gasteiger partial charge in [-0.2, -0.15) is 9.97 Å². The van der Waals surface area contributed by atoms with Crippen LogP contribution in [0.1, 0.15) is 0 Å². The number of hydrogen-bond acceptors (Lipinski definition) is 4. The molecule has 5 aromatic rings. The minimum Gasteiger partial charge on any atom is -0.457 e. The zero-order valence-electron chi connectivity index (χ0n) is 15.9. The van der Waals surface area contributed by atoms with E-state index in [4.69, 9.17) is 16.3 Å². The Hall–Kier alpha value is -3.76. The quantitative estimate of drug-likeness (QED) is 0.327. The van der Waals surface area contributed by atoms with Gasteiger partial charge in [-0.1, -0.05) is 54.6 Å². The first-order chi connectivity index (χ1) is 14.7. The van der Waals surface area contributed by atoms with Gasteiger partial charge in [0, 0.05) is 11.1 Å². The fraction of sp³-hybridized carbons (Fsp3) is 0. The third-order valence-corrected chi connectivity index (χ3v) is 4.88.